The minimum Gasteiger partial charge on any atom is -0.490 e. The van der Waals surface area contributed by atoms with Gasteiger partial charge < -0.3 is 15.4 Å². The predicted octanol–water partition coefficient (Wildman–Crippen LogP) is 6.18. The van der Waals surface area contributed by atoms with E-state index in [1.165, 1.54) is 6.07 Å². The van der Waals surface area contributed by atoms with E-state index >= 15 is 8.78 Å². The van der Waals surface area contributed by atoms with Crippen LogP contribution in [0.3, 0.4) is 0 Å². The van der Waals surface area contributed by atoms with Crippen molar-refractivity contribution < 1.29 is 31.5 Å². The van der Waals surface area contributed by atoms with Crippen molar-refractivity contribution in [3.8, 4) is 16.9 Å². The zero-order chi connectivity index (χ0) is 34.7. The summed E-state index contributed by atoms with van der Waals surface area (Å²) in [5.41, 5.74) is -1.06. The largest absolute Gasteiger partial charge is 0.490 e. The van der Waals surface area contributed by atoms with Crippen LogP contribution in [0.15, 0.2) is 36.4 Å². The van der Waals surface area contributed by atoms with E-state index in [4.69, 9.17) is 4.74 Å². The second kappa shape index (κ2) is 12.4. The zero-order valence-corrected chi connectivity index (χ0v) is 29.5. The number of ether oxygens (including phenoxy) is 1. The molecule has 3 atom stereocenters. The Labute approximate surface area is 283 Å². The fourth-order valence-electron chi connectivity index (χ4n) is 7.38. The van der Waals surface area contributed by atoms with Gasteiger partial charge in [0.25, 0.3) is 5.91 Å². The molecule has 2 aromatic carbocycles. The standard InChI is InChI=1S/C37H49F2N3O5S/c1-34(2)20-37(39,22-40-21-34)33(44)41-25-13-14-26(19-25)47-30-15-12-24(35(3,4)32(43)42-48(45,46)36(5)16-17-36)18-28(30)27-10-7-11-29(38)31(27)23-8-6-9-23/h7,10-12,15,18,23,25-26,40H,6,8-9,13-14,16-17,19-22H2,1-5H3,(H,41,44)(H,42,43)/t25-,26-,37-/m1/s1. The number of rotatable bonds is 10. The van der Waals surface area contributed by atoms with E-state index in [1.807, 2.05) is 26.0 Å². The van der Waals surface area contributed by atoms with Crippen molar-refractivity contribution in [1.82, 2.24) is 15.4 Å². The number of benzene rings is 2. The molecule has 4 aliphatic rings. The Hall–Kier alpha value is -3.05. The smallest absolute Gasteiger partial charge is 0.259 e. The molecule has 6 rings (SSSR count). The van der Waals surface area contributed by atoms with Crippen molar-refractivity contribution in [2.45, 2.75) is 126 Å². The van der Waals surface area contributed by atoms with Gasteiger partial charge in [-0.15, -0.1) is 0 Å². The Kier molecular flexibility index (Phi) is 8.97. The van der Waals surface area contributed by atoms with Crippen LogP contribution in [0.5, 0.6) is 5.75 Å². The van der Waals surface area contributed by atoms with Crippen molar-refractivity contribution in [3.63, 3.8) is 0 Å². The molecule has 4 fully saturated rings. The third kappa shape index (κ3) is 6.73. The maximum Gasteiger partial charge on any atom is 0.259 e. The van der Waals surface area contributed by atoms with Gasteiger partial charge in [0.1, 0.15) is 17.7 Å². The van der Waals surface area contributed by atoms with Crippen LogP contribution in [0, 0.1) is 11.2 Å². The molecule has 2 amide bonds. The molecule has 48 heavy (non-hydrogen) atoms. The summed E-state index contributed by atoms with van der Waals surface area (Å²) in [7, 11) is -3.84. The Morgan fingerprint density at radius 1 is 1.00 bits per heavy atom. The van der Waals surface area contributed by atoms with Gasteiger partial charge in [-0.1, -0.05) is 38.5 Å². The van der Waals surface area contributed by atoms with Crippen LogP contribution < -0.4 is 20.1 Å². The molecule has 0 bridgehead atoms. The van der Waals surface area contributed by atoms with Crippen molar-refractivity contribution in [1.29, 1.82) is 0 Å². The summed E-state index contributed by atoms with van der Waals surface area (Å²) < 4.78 is 65.0. The molecule has 1 heterocycles. The maximum absolute atomic E-state index is 15.7. The van der Waals surface area contributed by atoms with E-state index < -0.39 is 37.7 Å². The van der Waals surface area contributed by atoms with E-state index in [9.17, 15) is 18.0 Å². The fourth-order valence-corrected chi connectivity index (χ4v) is 8.77. The van der Waals surface area contributed by atoms with E-state index in [1.54, 1.807) is 39.0 Å². The van der Waals surface area contributed by atoms with Crippen LogP contribution in [0.25, 0.3) is 11.1 Å². The number of alkyl halides is 1. The lowest BCUT2D eigenvalue weighted by atomic mass is 9.76. The van der Waals surface area contributed by atoms with Gasteiger partial charge in [0, 0.05) is 31.1 Å². The van der Waals surface area contributed by atoms with Gasteiger partial charge in [-0.2, -0.15) is 0 Å². The van der Waals surface area contributed by atoms with Gasteiger partial charge in [-0.3, -0.25) is 14.3 Å². The molecule has 0 aromatic heterocycles. The number of hydrogen-bond acceptors (Lipinski definition) is 6. The van der Waals surface area contributed by atoms with Crippen molar-refractivity contribution in [2.75, 3.05) is 13.1 Å². The number of hydrogen-bond donors (Lipinski definition) is 3. The summed E-state index contributed by atoms with van der Waals surface area (Å²) in [5.74, 6) is -0.946. The number of carbonyl (C=O) groups is 2. The van der Waals surface area contributed by atoms with E-state index in [2.05, 4.69) is 15.4 Å². The molecule has 3 aliphatic carbocycles. The second-order valence-electron chi connectivity index (χ2n) is 16.2. The van der Waals surface area contributed by atoms with Gasteiger partial charge >= 0.3 is 0 Å². The second-order valence-corrected chi connectivity index (χ2v) is 18.4. The number of carbonyl (C=O) groups excluding carboxylic acids is 2. The molecule has 11 heteroatoms. The molecule has 0 spiro atoms. The predicted molar refractivity (Wildman–Crippen MR) is 181 cm³/mol. The highest BCUT2D eigenvalue weighted by atomic mass is 32.2. The summed E-state index contributed by atoms with van der Waals surface area (Å²) in [5, 5.41) is 5.99. The van der Waals surface area contributed by atoms with Crippen LogP contribution in [0.4, 0.5) is 8.78 Å². The first kappa shape index (κ1) is 34.8. The lowest BCUT2D eigenvalue weighted by Gasteiger charge is -2.39. The Balaban J connectivity index is 1.26. The Morgan fingerprint density at radius 2 is 1.73 bits per heavy atom. The van der Waals surface area contributed by atoms with Crippen molar-refractivity contribution >= 4 is 21.8 Å². The van der Waals surface area contributed by atoms with Crippen molar-refractivity contribution in [2.24, 2.45) is 5.41 Å². The SMILES string of the molecule is CC1(C)CNC[C@@](F)(C(=O)N[C@@H]2CC[C@@H](Oc3ccc(C(C)(C)C(=O)NS(=O)(=O)C4(C)CC4)cc3-c3cccc(F)c3C3CCC3)C2)C1. The van der Waals surface area contributed by atoms with Gasteiger partial charge in [-0.25, -0.2) is 17.2 Å². The molecule has 3 saturated carbocycles. The highest BCUT2D eigenvalue weighted by Gasteiger charge is 2.52. The minimum absolute atomic E-state index is 0.0127. The molecular formula is C37H49F2N3O5S. The van der Waals surface area contributed by atoms with Crippen LogP contribution in [0.2, 0.25) is 0 Å². The first-order valence-corrected chi connectivity index (χ1v) is 18.8. The van der Waals surface area contributed by atoms with Crippen LogP contribution in [0.1, 0.15) is 109 Å². The first-order chi connectivity index (χ1) is 22.4. The third-order valence-corrected chi connectivity index (χ3v) is 13.3. The van der Waals surface area contributed by atoms with E-state index in [0.717, 1.165) is 19.3 Å². The quantitative estimate of drug-likeness (QED) is 0.276. The highest BCUT2D eigenvalue weighted by molar-refractivity contribution is 7.91. The topological polar surface area (TPSA) is 114 Å². The first-order valence-electron chi connectivity index (χ1n) is 17.3. The van der Waals surface area contributed by atoms with E-state index in [-0.39, 0.29) is 42.3 Å². The lowest BCUT2D eigenvalue weighted by molar-refractivity contribution is -0.137. The van der Waals surface area contributed by atoms with Gasteiger partial charge in [0.2, 0.25) is 21.6 Å². The minimum atomic E-state index is -3.84. The molecule has 2 aromatic rings. The number of nitrogens with one attached hydrogen (secondary N) is 3. The monoisotopic (exact) mass is 685 g/mol. The van der Waals surface area contributed by atoms with Gasteiger partial charge in [0.15, 0.2) is 0 Å². The maximum atomic E-state index is 15.7. The summed E-state index contributed by atoms with van der Waals surface area (Å²) in [6, 6.07) is 10.1. The third-order valence-electron chi connectivity index (χ3n) is 11.1. The number of amides is 2. The zero-order valence-electron chi connectivity index (χ0n) is 28.7. The molecule has 1 aliphatic heterocycles. The van der Waals surface area contributed by atoms with E-state index in [0.29, 0.717) is 66.7 Å². The Morgan fingerprint density at radius 3 is 2.38 bits per heavy atom. The normalized spacial score (nSPS) is 26.7. The molecule has 0 radical (unpaired) electrons. The summed E-state index contributed by atoms with van der Waals surface area (Å²) in [4.78, 5) is 26.6. The molecule has 3 N–H and O–H groups in total. The summed E-state index contributed by atoms with van der Waals surface area (Å²) in [6.07, 6.45) is 5.41. The van der Waals surface area contributed by atoms with Crippen LogP contribution in [-0.4, -0.2) is 55.9 Å². The Bertz CT molecular complexity index is 1700. The number of piperidine rings is 1. The van der Waals surface area contributed by atoms with Gasteiger partial charge in [0.05, 0.1) is 10.2 Å². The molecule has 1 saturated heterocycles. The molecule has 262 valence electrons. The molecular weight excluding hydrogens is 636 g/mol. The van der Waals surface area contributed by atoms with Crippen molar-refractivity contribution in [3.05, 3.63) is 53.3 Å². The van der Waals surface area contributed by atoms with Gasteiger partial charge in [-0.05, 0) is 112 Å². The summed E-state index contributed by atoms with van der Waals surface area (Å²) >= 11 is 0. The van der Waals surface area contributed by atoms with Crippen LogP contribution in [-0.2, 0) is 25.0 Å². The molecule has 8 nitrogen and oxygen atoms in total. The average Bonchev–Trinajstić information content (AvgIpc) is 3.60. The van der Waals surface area contributed by atoms with Crippen LogP contribution >= 0.6 is 0 Å². The lowest BCUT2D eigenvalue weighted by Crippen LogP contribution is -2.59. The fraction of sp³-hybridized carbons (Fsp3) is 0.622. The number of sulfonamides is 1. The summed E-state index contributed by atoms with van der Waals surface area (Å²) in [6.45, 7) is 9.52. The highest BCUT2D eigenvalue weighted by Crippen LogP contribution is 2.47. The molecule has 0 unspecified atom stereocenters. The average molecular weight is 686 g/mol. The number of halogens is 2.